The topological polar surface area (TPSA) is 43.2 Å². The van der Waals surface area contributed by atoms with Gasteiger partial charge in [0, 0.05) is 11.1 Å². The van der Waals surface area contributed by atoms with Crippen LogP contribution in [-0.4, -0.2) is 13.2 Å². The number of nitrogens with zero attached hydrogens (tertiary/aromatic N) is 2. The molecule has 0 spiro atoms. The van der Waals surface area contributed by atoms with Crippen LogP contribution in [-0.2, 0) is 0 Å². The van der Waals surface area contributed by atoms with Crippen molar-refractivity contribution in [2.24, 2.45) is 16.1 Å². The van der Waals surface area contributed by atoms with Crippen molar-refractivity contribution in [1.82, 2.24) is 0 Å². The number of ether oxygens (including phenoxy) is 2. The summed E-state index contributed by atoms with van der Waals surface area (Å²) in [6, 6.07) is 11.9. The van der Waals surface area contributed by atoms with E-state index in [-0.39, 0.29) is 0 Å². The zero-order valence-electron chi connectivity index (χ0n) is 20.1. The first-order chi connectivity index (χ1) is 15.1. The summed E-state index contributed by atoms with van der Waals surface area (Å²) < 4.78 is 12.0. The van der Waals surface area contributed by atoms with E-state index in [0.717, 1.165) is 60.1 Å². The lowest BCUT2D eigenvalue weighted by molar-refractivity contribution is 0.255. The van der Waals surface area contributed by atoms with Gasteiger partial charge in [0.1, 0.15) is 11.5 Å². The molecule has 2 rings (SSSR count). The summed E-state index contributed by atoms with van der Waals surface area (Å²) >= 11 is 0. The van der Waals surface area contributed by atoms with Gasteiger partial charge in [0.25, 0.3) is 0 Å². The van der Waals surface area contributed by atoms with Gasteiger partial charge in [-0.25, -0.2) is 0 Å². The molecule has 170 valence electrons. The lowest BCUT2D eigenvalue weighted by atomic mass is 10.1. The summed E-state index contributed by atoms with van der Waals surface area (Å²) in [5.74, 6) is 2.31. The van der Waals surface area contributed by atoms with Crippen LogP contribution >= 0.6 is 0 Å². The van der Waals surface area contributed by atoms with Gasteiger partial charge >= 0.3 is 0 Å². The van der Waals surface area contributed by atoms with E-state index in [9.17, 15) is 0 Å². The highest BCUT2D eigenvalue weighted by molar-refractivity contribution is 5.55. The van der Waals surface area contributed by atoms with E-state index < -0.39 is 0 Å². The number of rotatable bonds is 14. The second kappa shape index (κ2) is 13.8. The Morgan fingerprint density at radius 3 is 1.87 bits per heavy atom. The molecule has 0 bridgehead atoms. The fraction of sp³-hybridized carbons (Fsp3) is 0.556. The molecule has 0 fully saturated rings. The zero-order chi connectivity index (χ0) is 22.5. The van der Waals surface area contributed by atoms with Crippen molar-refractivity contribution in [3.8, 4) is 11.5 Å². The third-order valence-electron chi connectivity index (χ3n) is 5.75. The second-order valence-corrected chi connectivity index (χ2v) is 8.44. The first kappa shape index (κ1) is 24.9. The predicted molar refractivity (Wildman–Crippen MR) is 130 cm³/mol. The lowest BCUT2D eigenvalue weighted by Gasteiger charge is -2.13. The zero-order valence-corrected chi connectivity index (χ0v) is 20.1. The monoisotopic (exact) mass is 424 g/mol. The Morgan fingerprint density at radius 2 is 1.29 bits per heavy atom. The molecule has 31 heavy (non-hydrogen) atoms. The molecule has 2 aromatic rings. The van der Waals surface area contributed by atoms with Crippen molar-refractivity contribution < 1.29 is 9.47 Å². The highest BCUT2D eigenvalue weighted by Crippen LogP contribution is 2.32. The number of unbranched alkanes of at least 4 members (excludes halogenated alkanes) is 5. The number of hydrogen-bond acceptors (Lipinski definition) is 4. The molecule has 0 aliphatic carbocycles. The smallest absolute Gasteiger partial charge is 0.124 e. The molecule has 2 aromatic carbocycles. The number of azo groups is 1. The highest BCUT2D eigenvalue weighted by atomic mass is 16.5. The van der Waals surface area contributed by atoms with Gasteiger partial charge in [-0.05, 0) is 50.5 Å². The molecule has 0 aromatic heterocycles. The van der Waals surface area contributed by atoms with Gasteiger partial charge in [-0.2, -0.15) is 10.2 Å². The van der Waals surface area contributed by atoms with Crippen molar-refractivity contribution in [3.05, 3.63) is 47.5 Å². The van der Waals surface area contributed by atoms with Gasteiger partial charge in [0.05, 0.1) is 24.6 Å². The molecule has 0 N–H and O–H groups in total. The van der Waals surface area contributed by atoms with Crippen LogP contribution in [0.3, 0.4) is 0 Å². The summed E-state index contributed by atoms with van der Waals surface area (Å²) in [4.78, 5) is 0. The first-order valence-corrected chi connectivity index (χ1v) is 11.9. The van der Waals surface area contributed by atoms with Gasteiger partial charge in [-0.15, -0.1) is 0 Å². The van der Waals surface area contributed by atoms with Gasteiger partial charge in [-0.1, -0.05) is 71.4 Å². The molecule has 0 radical (unpaired) electrons. The Morgan fingerprint density at radius 1 is 0.742 bits per heavy atom. The van der Waals surface area contributed by atoms with E-state index in [1.807, 2.05) is 50.2 Å². The maximum Gasteiger partial charge on any atom is 0.124 e. The number of benzene rings is 2. The lowest BCUT2D eigenvalue weighted by Crippen LogP contribution is -2.07. The average molecular weight is 425 g/mol. The van der Waals surface area contributed by atoms with E-state index in [0.29, 0.717) is 5.92 Å². The molecule has 0 aliphatic rings. The molecule has 0 unspecified atom stereocenters. The summed E-state index contributed by atoms with van der Waals surface area (Å²) in [6.07, 6.45) is 8.67. The Bertz CT molecular complexity index is 817. The summed E-state index contributed by atoms with van der Waals surface area (Å²) in [7, 11) is 0. The first-order valence-electron chi connectivity index (χ1n) is 11.9. The quantitative estimate of drug-likeness (QED) is 0.224. The molecule has 0 amide bonds. The van der Waals surface area contributed by atoms with Crippen LogP contribution in [0.15, 0.2) is 46.6 Å². The molecule has 0 heterocycles. The van der Waals surface area contributed by atoms with Crippen molar-refractivity contribution in [1.29, 1.82) is 0 Å². The van der Waals surface area contributed by atoms with Crippen LogP contribution in [0, 0.1) is 19.8 Å². The summed E-state index contributed by atoms with van der Waals surface area (Å²) in [5, 5.41) is 9.03. The Hall–Kier alpha value is -2.36. The van der Waals surface area contributed by atoms with E-state index in [2.05, 4.69) is 31.0 Å². The molecule has 1 atom stereocenters. The van der Waals surface area contributed by atoms with Gasteiger partial charge < -0.3 is 9.47 Å². The van der Waals surface area contributed by atoms with Crippen LogP contribution in [0.4, 0.5) is 11.4 Å². The SMILES string of the molecule is CCCCCCCCOc1cccc(N=Nc2cccc(OC[C@@H](C)CC)c2C)c1C. The Balaban J connectivity index is 1.97. The molecule has 0 saturated carbocycles. The van der Waals surface area contributed by atoms with Crippen LogP contribution in [0.1, 0.15) is 76.8 Å². The number of hydrogen-bond donors (Lipinski definition) is 0. The van der Waals surface area contributed by atoms with E-state index in [1.165, 1.54) is 32.1 Å². The van der Waals surface area contributed by atoms with Gasteiger partial charge in [-0.3, -0.25) is 0 Å². The van der Waals surface area contributed by atoms with E-state index in [4.69, 9.17) is 9.47 Å². The molecular weight excluding hydrogens is 384 g/mol. The largest absolute Gasteiger partial charge is 0.493 e. The minimum Gasteiger partial charge on any atom is -0.493 e. The molecular formula is C27H40N2O2. The van der Waals surface area contributed by atoms with Crippen molar-refractivity contribution in [2.75, 3.05) is 13.2 Å². The fourth-order valence-electron chi connectivity index (χ4n) is 3.26. The van der Waals surface area contributed by atoms with Crippen LogP contribution in [0.2, 0.25) is 0 Å². The van der Waals surface area contributed by atoms with Crippen molar-refractivity contribution >= 4 is 11.4 Å². The van der Waals surface area contributed by atoms with Crippen LogP contribution in [0.5, 0.6) is 11.5 Å². The fourth-order valence-corrected chi connectivity index (χ4v) is 3.26. The maximum absolute atomic E-state index is 6.02. The summed E-state index contributed by atoms with van der Waals surface area (Å²) in [6.45, 7) is 12.2. The minimum atomic E-state index is 0.534. The van der Waals surface area contributed by atoms with Crippen LogP contribution < -0.4 is 9.47 Å². The van der Waals surface area contributed by atoms with Crippen LogP contribution in [0.25, 0.3) is 0 Å². The molecule has 4 heteroatoms. The van der Waals surface area contributed by atoms with E-state index in [1.54, 1.807) is 0 Å². The third-order valence-corrected chi connectivity index (χ3v) is 5.75. The molecule has 0 aliphatic heterocycles. The summed E-state index contributed by atoms with van der Waals surface area (Å²) in [5.41, 5.74) is 3.71. The maximum atomic E-state index is 6.02. The van der Waals surface area contributed by atoms with Gasteiger partial charge in [0.2, 0.25) is 0 Å². The van der Waals surface area contributed by atoms with Crippen molar-refractivity contribution in [3.63, 3.8) is 0 Å². The molecule has 4 nitrogen and oxygen atoms in total. The highest BCUT2D eigenvalue weighted by Gasteiger charge is 2.08. The standard InChI is InChI=1S/C27H40N2O2/c1-6-8-9-10-11-12-19-30-26-17-13-15-24(22(26)4)28-29-25-16-14-18-27(23(25)5)31-20-21(3)7-2/h13-18,21H,6-12,19-20H2,1-5H3/t21-/m0/s1. The van der Waals surface area contributed by atoms with Crippen molar-refractivity contribution in [2.45, 2.75) is 79.6 Å². The van der Waals surface area contributed by atoms with E-state index >= 15 is 0 Å². The Labute approximate surface area is 189 Å². The van der Waals surface area contributed by atoms with Gasteiger partial charge in [0.15, 0.2) is 0 Å². The second-order valence-electron chi connectivity index (χ2n) is 8.44. The average Bonchev–Trinajstić information content (AvgIpc) is 2.78. The third kappa shape index (κ3) is 8.35. The molecule has 0 saturated heterocycles. The normalized spacial score (nSPS) is 12.3. The minimum absolute atomic E-state index is 0.534. The predicted octanol–water partition coefficient (Wildman–Crippen LogP) is 8.88. The Kier molecular flexibility index (Phi) is 11.1.